The highest BCUT2D eigenvalue weighted by molar-refractivity contribution is 8.02. The first-order valence-electron chi connectivity index (χ1n) is 9.42. The van der Waals surface area contributed by atoms with Gasteiger partial charge in [0.1, 0.15) is 5.84 Å². The van der Waals surface area contributed by atoms with Crippen LogP contribution in [0.15, 0.2) is 76.7 Å². The van der Waals surface area contributed by atoms with Crippen molar-refractivity contribution in [1.29, 1.82) is 0 Å². The molecule has 0 radical (unpaired) electrons. The van der Waals surface area contributed by atoms with E-state index in [1.165, 1.54) is 22.6 Å². The number of hydrogen-bond acceptors (Lipinski definition) is 3. The summed E-state index contributed by atoms with van der Waals surface area (Å²) in [5.41, 5.74) is 3.28. The summed E-state index contributed by atoms with van der Waals surface area (Å²) in [5, 5.41) is 6.64. The molecule has 0 bridgehead atoms. The molecule has 2 rings (SSSR count). The number of halogens is 1. The highest BCUT2D eigenvalue weighted by Gasteiger charge is 2.20. The summed E-state index contributed by atoms with van der Waals surface area (Å²) in [6.45, 7) is 3.79. The molecule has 3 nitrogen and oxygen atoms in total. The van der Waals surface area contributed by atoms with Crippen molar-refractivity contribution in [2.75, 3.05) is 25.9 Å². The third kappa shape index (κ3) is 7.38. The maximum absolute atomic E-state index is 12.5. The lowest BCUT2D eigenvalue weighted by Crippen LogP contribution is -2.36. The Bertz CT molecular complexity index is 766. The lowest BCUT2D eigenvalue weighted by molar-refractivity contribution is 0.475. The van der Waals surface area contributed by atoms with Gasteiger partial charge in [0.15, 0.2) is 0 Å². The molecular weight excluding hydrogens is 388 g/mol. The lowest BCUT2D eigenvalue weighted by atomic mass is 10.1. The Morgan fingerprint density at radius 1 is 1.36 bits per heavy atom. The van der Waals surface area contributed by atoms with E-state index in [4.69, 9.17) is 4.99 Å². The molecule has 0 saturated carbocycles. The number of nitrogens with zero attached hydrogens (tertiary/aromatic N) is 2. The summed E-state index contributed by atoms with van der Waals surface area (Å²) < 4.78 is 12.5. The standard InChI is InChI=1S/C22H29FN3PS/c1-3-6-19(7-4-12-23)25-22-17-28-16-20(26(22)14-5-13-24-2)15-18-8-10-21(27)11-9-18/h3-4,6-12,16,24H,5,13-15,17,27H2,1-2H3/b6-3-,12-4+,19-7+,25-22?. The molecule has 0 amide bonds. The fourth-order valence-corrected chi connectivity index (χ4v) is 3.91. The minimum absolute atomic E-state index is 0.533. The molecule has 1 aromatic carbocycles. The van der Waals surface area contributed by atoms with Crippen molar-refractivity contribution in [3.05, 3.63) is 77.3 Å². The fourth-order valence-electron chi connectivity index (χ4n) is 2.87. The van der Waals surface area contributed by atoms with E-state index in [1.807, 2.05) is 26.1 Å². The topological polar surface area (TPSA) is 27.6 Å². The van der Waals surface area contributed by atoms with Gasteiger partial charge in [0.05, 0.1) is 17.8 Å². The molecular formula is C22H29FN3PS. The van der Waals surface area contributed by atoms with Crippen molar-refractivity contribution < 1.29 is 4.39 Å². The van der Waals surface area contributed by atoms with Gasteiger partial charge in [-0.15, -0.1) is 21.0 Å². The smallest absolute Gasteiger partial charge is 0.119 e. The zero-order chi connectivity index (χ0) is 20.2. The second kappa shape index (κ2) is 12.7. The van der Waals surface area contributed by atoms with Gasteiger partial charge in [0.25, 0.3) is 0 Å². The molecule has 0 spiro atoms. The molecule has 0 fully saturated rings. The van der Waals surface area contributed by atoms with Crippen molar-refractivity contribution in [1.82, 2.24) is 10.2 Å². The van der Waals surface area contributed by atoms with Crippen LogP contribution in [0.4, 0.5) is 4.39 Å². The Morgan fingerprint density at radius 3 is 2.82 bits per heavy atom. The van der Waals surface area contributed by atoms with Crippen LogP contribution < -0.4 is 10.6 Å². The Morgan fingerprint density at radius 2 is 2.14 bits per heavy atom. The number of thioether (sulfide) groups is 1. The number of allylic oxidation sites excluding steroid dienone is 5. The molecule has 150 valence electrons. The minimum atomic E-state index is 0.533. The van der Waals surface area contributed by atoms with E-state index in [9.17, 15) is 4.39 Å². The summed E-state index contributed by atoms with van der Waals surface area (Å²) in [6.07, 6.45) is 9.31. The Kier molecular flexibility index (Phi) is 10.3. The van der Waals surface area contributed by atoms with E-state index in [2.05, 4.69) is 49.1 Å². The van der Waals surface area contributed by atoms with Gasteiger partial charge in [0.2, 0.25) is 0 Å². The van der Waals surface area contributed by atoms with Gasteiger partial charge in [-0.05, 0) is 61.4 Å². The molecule has 1 unspecified atom stereocenters. The second-order valence-electron chi connectivity index (χ2n) is 6.39. The largest absolute Gasteiger partial charge is 0.332 e. The first kappa shape index (κ1) is 22.6. The van der Waals surface area contributed by atoms with E-state index >= 15 is 0 Å². The van der Waals surface area contributed by atoms with Gasteiger partial charge in [-0.25, -0.2) is 9.38 Å². The maximum atomic E-state index is 12.5. The van der Waals surface area contributed by atoms with Crippen molar-refractivity contribution in [2.45, 2.75) is 19.8 Å². The monoisotopic (exact) mass is 417 g/mol. The van der Waals surface area contributed by atoms with Crippen LogP contribution in [0.25, 0.3) is 0 Å². The lowest BCUT2D eigenvalue weighted by Gasteiger charge is -2.32. The van der Waals surface area contributed by atoms with E-state index < -0.39 is 0 Å². The van der Waals surface area contributed by atoms with Gasteiger partial charge >= 0.3 is 0 Å². The third-order valence-electron chi connectivity index (χ3n) is 4.20. The van der Waals surface area contributed by atoms with Crippen molar-refractivity contribution in [3.63, 3.8) is 0 Å². The third-order valence-corrected chi connectivity index (χ3v) is 5.45. The number of amidine groups is 1. The summed E-state index contributed by atoms with van der Waals surface area (Å²) in [7, 11) is 4.69. The van der Waals surface area contributed by atoms with Crippen LogP contribution in [0.5, 0.6) is 0 Å². The summed E-state index contributed by atoms with van der Waals surface area (Å²) in [6, 6.07) is 8.57. The average molecular weight is 418 g/mol. The number of rotatable bonds is 9. The summed E-state index contributed by atoms with van der Waals surface area (Å²) in [5.74, 6) is 1.82. The molecule has 0 aromatic heterocycles. The molecule has 1 atom stereocenters. The fraction of sp³-hybridized carbons (Fsp3) is 0.318. The van der Waals surface area contributed by atoms with Crippen LogP contribution in [0, 0.1) is 0 Å². The van der Waals surface area contributed by atoms with Crippen LogP contribution in [-0.2, 0) is 6.42 Å². The molecule has 0 aliphatic carbocycles. The predicted octanol–water partition coefficient (Wildman–Crippen LogP) is 4.57. The molecule has 1 N–H and O–H groups in total. The summed E-state index contributed by atoms with van der Waals surface area (Å²) in [4.78, 5) is 7.16. The van der Waals surface area contributed by atoms with Crippen LogP contribution >= 0.6 is 21.0 Å². The highest BCUT2D eigenvalue weighted by Crippen LogP contribution is 2.25. The number of hydrogen-bond donors (Lipinski definition) is 1. The Balaban J connectivity index is 2.29. The molecule has 1 aliphatic heterocycles. The Labute approximate surface area is 174 Å². The van der Waals surface area contributed by atoms with Gasteiger partial charge in [-0.3, -0.25) is 0 Å². The van der Waals surface area contributed by atoms with Crippen molar-refractivity contribution >= 4 is 32.1 Å². The zero-order valence-electron chi connectivity index (χ0n) is 16.6. The first-order valence-corrected chi connectivity index (χ1v) is 11.0. The average Bonchev–Trinajstić information content (AvgIpc) is 2.70. The molecule has 6 heteroatoms. The van der Waals surface area contributed by atoms with Gasteiger partial charge in [-0.1, -0.05) is 30.3 Å². The van der Waals surface area contributed by atoms with Crippen LogP contribution in [0.1, 0.15) is 18.9 Å². The number of nitrogens with one attached hydrogen (secondary N) is 1. The van der Waals surface area contributed by atoms with Crippen molar-refractivity contribution in [2.24, 2.45) is 4.99 Å². The SMILES string of the molecule is C\C=C/C(=C\C=C\F)N=C1CSC=C(Cc2ccc(P)cc2)N1CCCNC. The van der Waals surface area contributed by atoms with Crippen LogP contribution in [-0.4, -0.2) is 36.6 Å². The minimum Gasteiger partial charge on any atom is -0.332 e. The van der Waals surface area contributed by atoms with E-state index in [-0.39, 0.29) is 0 Å². The van der Waals surface area contributed by atoms with Crippen molar-refractivity contribution in [3.8, 4) is 0 Å². The molecule has 1 heterocycles. The molecule has 1 aliphatic rings. The maximum Gasteiger partial charge on any atom is 0.119 e. The Hall–Kier alpha value is -1.68. The van der Waals surface area contributed by atoms with E-state index in [1.54, 1.807) is 17.8 Å². The summed E-state index contributed by atoms with van der Waals surface area (Å²) >= 11 is 1.76. The first-order chi connectivity index (χ1) is 13.7. The van der Waals surface area contributed by atoms with Gasteiger partial charge < -0.3 is 10.2 Å². The zero-order valence-corrected chi connectivity index (χ0v) is 18.5. The van der Waals surface area contributed by atoms with E-state index in [0.717, 1.165) is 43.2 Å². The molecule has 0 saturated heterocycles. The van der Waals surface area contributed by atoms with Gasteiger partial charge in [-0.2, -0.15) is 0 Å². The molecule has 1 aromatic rings. The predicted molar refractivity (Wildman–Crippen MR) is 126 cm³/mol. The number of aliphatic imine (C=N–C) groups is 1. The second-order valence-corrected chi connectivity index (χ2v) is 7.91. The number of benzene rings is 1. The van der Waals surface area contributed by atoms with Gasteiger partial charge in [0, 0.05) is 18.7 Å². The molecule has 28 heavy (non-hydrogen) atoms. The normalized spacial score (nSPS) is 17.1. The van der Waals surface area contributed by atoms with Crippen LogP contribution in [0.3, 0.4) is 0 Å². The van der Waals surface area contributed by atoms with E-state index in [0.29, 0.717) is 6.33 Å². The quantitative estimate of drug-likeness (QED) is 0.362. The highest BCUT2D eigenvalue weighted by atomic mass is 32.2. The van der Waals surface area contributed by atoms with Crippen LogP contribution in [0.2, 0.25) is 0 Å².